The van der Waals surface area contributed by atoms with Crippen LogP contribution in [-0.2, 0) is 4.74 Å². The third kappa shape index (κ3) is 3.34. The highest BCUT2D eigenvalue weighted by Crippen LogP contribution is 2.27. The fourth-order valence-corrected chi connectivity index (χ4v) is 1.77. The predicted molar refractivity (Wildman–Crippen MR) is 79.5 cm³/mol. The molecule has 0 saturated carbocycles. The number of nitrogen functional groups attached to an aromatic ring is 1. The largest absolute Gasteiger partial charge is 0.481 e. The number of nitrogens with zero attached hydrogens (tertiary/aromatic N) is 2. The van der Waals surface area contributed by atoms with Gasteiger partial charge in [-0.05, 0) is 13.0 Å². The second-order valence-electron chi connectivity index (χ2n) is 4.62. The van der Waals surface area contributed by atoms with Crippen molar-refractivity contribution in [2.75, 3.05) is 26.5 Å². The Morgan fingerprint density at radius 3 is 2.82 bits per heavy atom. The van der Waals surface area contributed by atoms with E-state index in [9.17, 15) is 4.79 Å². The molecule has 2 heterocycles. The first-order chi connectivity index (χ1) is 10.6. The van der Waals surface area contributed by atoms with Crippen molar-refractivity contribution < 1.29 is 18.8 Å². The average Bonchev–Trinajstić information content (AvgIpc) is 2.94. The van der Waals surface area contributed by atoms with Gasteiger partial charge in [0.2, 0.25) is 11.8 Å². The van der Waals surface area contributed by atoms with E-state index < -0.39 is 0 Å². The zero-order chi connectivity index (χ0) is 16.1. The number of carbonyl (C=O) groups is 1. The minimum absolute atomic E-state index is 0.0478. The number of ether oxygens (including phenoxy) is 2. The number of nitrogens with two attached hydrogens (primary N) is 1. The van der Waals surface area contributed by atoms with Crippen LogP contribution in [0, 0.1) is 0 Å². The molecule has 8 heteroatoms. The Labute approximate surface area is 127 Å². The lowest BCUT2D eigenvalue weighted by Crippen LogP contribution is -2.32. The molecule has 2 aromatic rings. The molecule has 1 amide bonds. The Hall–Kier alpha value is -2.61. The third-order valence-corrected chi connectivity index (χ3v) is 3.12. The van der Waals surface area contributed by atoms with Crippen molar-refractivity contribution in [3.05, 3.63) is 23.9 Å². The van der Waals surface area contributed by atoms with Crippen LogP contribution in [0.25, 0.3) is 11.3 Å². The van der Waals surface area contributed by atoms with Crippen molar-refractivity contribution in [3.63, 3.8) is 0 Å². The molecular weight excluding hydrogens is 288 g/mol. The average molecular weight is 306 g/mol. The van der Waals surface area contributed by atoms with Gasteiger partial charge < -0.3 is 25.0 Å². The number of anilines is 1. The lowest BCUT2D eigenvalue weighted by molar-refractivity contribution is 0.0871. The van der Waals surface area contributed by atoms with Crippen LogP contribution in [0.15, 0.2) is 22.9 Å². The highest BCUT2D eigenvalue weighted by molar-refractivity contribution is 6.03. The van der Waals surface area contributed by atoms with Crippen molar-refractivity contribution in [2.45, 2.75) is 13.0 Å². The number of carbonyl (C=O) groups excluding carboxylic acids is 1. The second kappa shape index (κ2) is 6.90. The van der Waals surface area contributed by atoms with Gasteiger partial charge in [-0.15, -0.1) is 0 Å². The number of hydrogen-bond acceptors (Lipinski definition) is 7. The Bertz CT molecular complexity index is 639. The van der Waals surface area contributed by atoms with E-state index in [0.29, 0.717) is 23.7 Å². The summed E-state index contributed by atoms with van der Waals surface area (Å²) in [6, 6.07) is 3.38. The summed E-state index contributed by atoms with van der Waals surface area (Å²) < 4.78 is 15.0. The molecule has 0 bridgehead atoms. The monoisotopic (exact) mass is 306 g/mol. The zero-order valence-corrected chi connectivity index (χ0v) is 12.6. The van der Waals surface area contributed by atoms with E-state index in [2.05, 4.69) is 15.5 Å². The van der Waals surface area contributed by atoms with E-state index in [1.54, 1.807) is 19.2 Å². The van der Waals surface area contributed by atoms with Gasteiger partial charge in [-0.3, -0.25) is 4.79 Å². The molecule has 0 aromatic carbocycles. The highest BCUT2D eigenvalue weighted by Gasteiger charge is 2.23. The molecule has 8 nitrogen and oxygen atoms in total. The lowest BCUT2D eigenvalue weighted by Gasteiger charge is -2.10. The summed E-state index contributed by atoms with van der Waals surface area (Å²) in [5, 5.41) is 6.56. The number of nitrogens with one attached hydrogen (secondary N) is 1. The van der Waals surface area contributed by atoms with Gasteiger partial charge in [-0.1, -0.05) is 5.16 Å². The van der Waals surface area contributed by atoms with Gasteiger partial charge in [-0.2, -0.15) is 0 Å². The van der Waals surface area contributed by atoms with Crippen molar-refractivity contribution in [1.82, 2.24) is 15.5 Å². The van der Waals surface area contributed by atoms with Gasteiger partial charge in [-0.25, -0.2) is 4.98 Å². The fourth-order valence-electron chi connectivity index (χ4n) is 1.77. The number of hydrogen-bond donors (Lipinski definition) is 2. The summed E-state index contributed by atoms with van der Waals surface area (Å²) in [7, 11) is 3.09. The van der Waals surface area contributed by atoms with Crippen LogP contribution < -0.4 is 15.8 Å². The van der Waals surface area contributed by atoms with E-state index >= 15 is 0 Å². The molecule has 0 spiro atoms. The summed E-state index contributed by atoms with van der Waals surface area (Å²) in [6.45, 7) is 2.19. The van der Waals surface area contributed by atoms with E-state index in [-0.39, 0.29) is 23.5 Å². The van der Waals surface area contributed by atoms with Gasteiger partial charge in [0, 0.05) is 31.5 Å². The van der Waals surface area contributed by atoms with Crippen LogP contribution in [-0.4, -0.2) is 42.9 Å². The van der Waals surface area contributed by atoms with E-state index in [0.717, 1.165) is 0 Å². The van der Waals surface area contributed by atoms with Gasteiger partial charge in [0.1, 0.15) is 11.3 Å². The van der Waals surface area contributed by atoms with E-state index in [4.69, 9.17) is 19.7 Å². The Balaban J connectivity index is 2.24. The van der Waals surface area contributed by atoms with E-state index in [1.165, 1.54) is 13.3 Å². The standard InChI is InChI=1S/C14H18N4O4/c1-8(20-2)6-17-14(19)11-12(18-22-13(11)15)9-4-5-10(21-3)16-7-9/h4-5,7-8H,6,15H2,1-3H3,(H,17,19). The Morgan fingerprint density at radius 2 is 2.23 bits per heavy atom. The minimum Gasteiger partial charge on any atom is -0.481 e. The van der Waals surface area contributed by atoms with Gasteiger partial charge in [0.05, 0.1) is 13.2 Å². The lowest BCUT2D eigenvalue weighted by atomic mass is 10.1. The summed E-state index contributed by atoms with van der Waals surface area (Å²) in [6.07, 6.45) is 1.42. The normalized spacial score (nSPS) is 12.0. The molecule has 0 aliphatic rings. The van der Waals surface area contributed by atoms with Crippen molar-refractivity contribution in [3.8, 4) is 17.1 Å². The number of pyridine rings is 1. The molecule has 118 valence electrons. The summed E-state index contributed by atoms with van der Waals surface area (Å²) in [5.41, 5.74) is 6.82. The van der Waals surface area contributed by atoms with Crippen LogP contribution in [0.3, 0.4) is 0 Å². The Morgan fingerprint density at radius 1 is 1.45 bits per heavy atom. The molecule has 1 unspecified atom stereocenters. The molecule has 2 rings (SSSR count). The third-order valence-electron chi connectivity index (χ3n) is 3.12. The maximum atomic E-state index is 12.3. The first kappa shape index (κ1) is 15.8. The SMILES string of the molecule is COc1ccc(-c2noc(N)c2C(=O)NCC(C)OC)cn1. The zero-order valence-electron chi connectivity index (χ0n) is 12.6. The van der Waals surface area contributed by atoms with Crippen molar-refractivity contribution in [1.29, 1.82) is 0 Å². The van der Waals surface area contributed by atoms with Crippen molar-refractivity contribution >= 4 is 11.8 Å². The van der Waals surface area contributed by atoms with Crippen LogP contribution in [0.5, 0.6) is 5.88 Å². The number of aromatic nitrogens is 2. The minimum atomic E-state index is -0.381. The van der Waals surface area contributed by atoms with Crippen LogP contribution in [0.1, 0.15) is 17.3 Å². The molecule has 0 aliphatic carbocycles. The molecular formula is C14H18N4O4. The van der Waals surface area contributed by atoms with Crippen LogP contribution in [0.2, 0.25) is 0 Å². The summed E-state index contributed by atoms with van der Waals surface area (Å²) in [5.74, 6) is 0.0296. The van der Waals surface area contributed by atoms with Gasteiger partial charge in [0.15, 0.2) is 0 Å². The first-order valence-electron chi connectivity index (χ1n) is 6.63. The van der Waals surface area contributed by atoms with Gasteiger partial charge >= 0.3 is 0 Å². The highest BCUT2D eigenvalue weighted by atomic mass is 16.5. The molecule has 2 aromatic heterocycles. The quantitative estimate of drug-likeness (QED) is 0.821. The maximum absolute atomic E-state index is 12.3. The molecule has 0 saturated heterocycles. The number of amides is 1. The molecule has 22 heavy (non-hydrogen) atoms. The molecule has 0 fully saturated rings. The second-order valence-corrected chi connectivity index (χ2v) is 4.62. The molecule has 3 N–H and O–H groups in total. The Kier molecular flexibility index (Phi) is 4.95. The molecule has 0 radical (unpaired) electrons. The van der Waals surface area contributed by atoms with Crippen molar-refractivity contribution in [2.24, 2.45) is 0 Å². The van der Waals surface area contributed by atoms with Gasteiger partial charge in [0.25, 0.3) is 5.91 Å². The smallest absolute Gasteiger partial charge is 0.259 e. The number of rotatable bonds is 6. The summed E-state index contributed by atoms with van der Waals surface area (Å²) >= 11 is 0. The molecule has 0 aliphatic heterocycles. The van der Waals surface area contributed by atoms with Crippen LogP contribution in [0.4, 0.5) is 5.88 Å². The first-order valence-corrected chi connectivity index (χ1v) is 6.63. The number of methoxy groups -OCH3 is 2. The summed E-state index contributed by atoms with van der Waals surface area (Å²) in [4.78, 5) is 16.3. The predicted octanol–water partition coefficient (Wildman–Crippen LogP) is 1.09. The van der Waals surface area contributed by atoms with Crippen LogP contribution >= 0.6 is 0 Å². The topological polar surface area (TPSA) is 112 Å². The maximum Gasteiger partial charge on any atom is 0.259 e. The van der Waals surface area contributed by atoms with E-state index in [1.807, 2.05) is 6.92 Å². The fraction of sp³-hybridized carbons (Fsp3) is 0.357. The molecule has 1 atom stereocenters.